The number of ether oxygens (including phenoxy) is 1. The summed E-state index contributed by atoms with van der Waals surface area (Å²) in [7, 11) is 0. The second kappa shape index (κ2) is 9.15. The van der Waals surface area contributed by atoms with Crippen LogP contribution in [0.2, 0.25) is 0 Å². The fraction of sp³-hybridized carbons (Fsp3) is 0.200. The molecule has 1 unspecified atom stereocenters. The second-order valence-electron chi connectivity index (χ2n) is 6.40. The number of hydrogen-bond donors (Lipinski definition) is 2. The number of aliphatic imine (C=N–C) groups is 2. The number of nitrogens with zero attached hydrogens (tertiary/aromatic N) is 3. The molecule has 0 aromatic heterocycles. The number of guanidine groups is 1. The van der Waals surface area contributed by atoms with Crippen molar-refractivity contribution in [1.82, 2.24) is 5.01 Å². The molecule has 2 aromatic rings. The van der Waals surface area contributed by atoms with Gasteiger partial charge in [-0.3, -0.25) is 5.01 Å². The summed E-state index contributed by atoms with van der Waals surface area (Å²) in [6.45, 7) is 2.53. The van der Waals surface area contributed by atoms with Crippen LogP contribution >= 0.6 is 15.9 Å². The molecule has 0 amide bonds. The number of halogens is 3. The van der Waals surface area contributed by atoms with E-state index in [0.717, 1.165) is 39.8 Å². The molecule has 0 saturated carbocycles. The lowest BCUT2D eigenvalue weighted by molar-refractivity contribution is 0.325. The molecule has 0 fully saturated rings. The Bertz CT molecular complexity index is 993. The van der Waals surface area contributed by atoms with Gasteiger partial charge in [-0.05, 0) is 35.9 Å². The van der Waals surface area contributed by atoms with E-state index < -0.39 is 11.6 Å². The van der Waals surface area contributed by atoms with Crippen molar-refractivity contribution < 1.29 is 13.5 Å². The smallest absolute Gasteiger partial charge is 0.246 e. The van der Waals surface area contributed by atoms with Crippen LogP contribution in [0.4, 0.5) is 14.5 Å². The monoisotopic (exact) mass is 463 g/mol. The highest BCUT2D eigenvalue weighted by atomic mass is 79.9. The van der Waals surface area contributed by atoms with Crippen molar-refractivity contribution in [2.75, 3.05) is 6.61 Å². The molecule has 3 rings (SSSR count). The number of fused-ring (bicyclic) bond motifs is 1. The Hall–Kier alpha value is -2.78. The van der Waals surface area contributed by atoms with Crippen LogP contribution < -0.4 is 16.3 Å². The van der Waals surface area contributed by atoms with Gasteiger partial charge in [0.25, 0.3) is 0 Å². The summed E-state index contributed by atoms with van der Waals surface area (Å²) in [4.78, 5) is 7.99. The number of benzene rings is 2. The van der Waals surface area contributed by atoms with Gasteiger partial charge in [0.15, 0.2) is 5.82 Å². The first kappa shape index (κ1) is 20.9. The SMILES string of the molecule is CC1/C(=C\N(N)C(N=CN)=Nc2ccc(F)cc2F)CCOc2ccc(Br)cc21. The highest BCUT2D eigenvalue weighted by Gasteiger charge is 2.21. The average molecular weight is 464 g/mol. The Morgan fingerprint density at radius 1 is 1.28 bits per heavy atom. The Morgan fingerprint density at radius 2 is 2.07 bits per heavy atom. The van der Waals surface area contributed by atoms with E-state index in [1.807, 2.05) is 25.1 Å². The van der Waals surface area contributed by atoms with Gasteiger partial charge in [0.2, 0.25) is 5.96 Å². The van der Waals surface area contributed by atoms with Crippen molar-refractivity contribution in [3.8, 4) is 5.75 Å². The number of hydrazine groups is 1. The molecule has 0 bridgehead atoms. The van der Waals surface area contributed by atoms with E-state index in [2.05, 4.69) is 25.9 Å². The van der Waals surface area contributed by atoms with Gasteiger partial charge >= 0.3 is 0 Å². The summed E-state index contributed by atoms with van der Waals surface area (Å²) in [6.07, 6.45) is 3.31. The summed E-state index contributed by atoms with van der Waals surface area (Å²) in [6, 6.07) is 8.88. The third-order valence-corrected chi connectivity index (χ3v) is 4.99. The van der Waals surface area contributed by atoms with Crippen molar-refractivity contribution in [2.24, 2.45) is 21.6 Å². The van der Waals surface area contributed by atoms with Crippen LogP contribution in [-0.4, -0.2) is 23.9 Å². The minimum atomic E-state index is -0.828. The molecule has 1 atom stereocenters. The zero-order valence-electron chi connectivity index (χ0n) is 15.6. The Balaban J connectivity index is 1.95. The summed E-state index contributed by atoms with van der Waals surface area (Å²) < 4.78 is 33.9. The van der Waals surface area contributed by atoms with Crippen molar-refractivity contribution in [1.29, 1.82) is 0 Å². The first-order chi connectivity index (χ1) is 13.9. The van der Waals surface area contributed by atoms with Crippen LogP contribution in [0.1, 0.15) is 24.8 Å². The lowest BCUT2D eigenvalue weighted by Crippen LogP contribution is -2.32. The molecule has 152 valence electrons. The van der Waals surface area contributed by atoms with Crippen LogP contribution in [0.3, 0.4) is 0 Å². The number of nitrogens with two attached hydrogens (primary N) is 2. The van der Waals surface area contributed by atoms with Crippen LogP contribution in [0.25, 0.3) is 0 Å². The van der Waals surface area contributed by atoms with Gasteiger partial charge in [0.1, 0.15) is 17.3 Å². The fourth-order valence-electron chi connectivity index (χ4n) is 3.00. The largest absolute Gasteiger partial charge is 0.493 e. The van der Waals surface area contributed by atoms with Gasteiger partial charge in [-0.25, -0.2) is 24.6 Å². The first-order valence-corrected chi connectivity index (χ1v) is 9.63. The summed E-state index contributed by atoms with van der Waals surface area (Å²) in [5.41, 5.74) is 7.28. The fourth-order valence-corrected chi connectivity index (χ4v) is 3.38. The Labute approximate surface area is 175 Å². The summed E-state index contributed by atoms with van der Waals surface area (Å²) in [5.74, 6) is 5.39. The quantitative estimate of drug-likeness (QED) is 0.300. The van der Waals surface area contributed by atoms with Crippen LogP contribution in [0, 0.1) is 11.6 Å². The molecular formula is C20H20BrF2N5O. The third kappa shape index (κ3) is 4.99. The molecule has 1 aliphatic rings. The molecule has 0 saturated heterocycles. The lowest BCUT2D eigenvalue weighted by Gasteiger charge is -2.19. The van der Waals surface area contributed by atoms with E-state index in [4.69, 9.17) is 16.3 Å². The number of rotatable bonds is 2. The van der Waals surface area contributed by atoms with E-state index in [9.17, 15) is 8.78 Å². The minimum Gasteiger partial charge on any atom is -0.493 e. The molecule has 6 nitrogen and oxygen atoms in total. The van der Waals surface area contributed by atoms with Crippen LogP contribution in [0.5, 0.6) is 5.75 Å². The van der Waals surface area contributed by atoms with E-state index in [1.165, 1.54) is 11.1 Å². The lowest BCUT2D eigenvalue weighted by atomic mass is 9.92. The molecule has 0 radical (unpaired) electrons. The van der Waals surface area contributed by atoms with E-state index in [0.29, 0.717) is 13.0 Å². The van der Waals surface area contributed by atoms with E-state index >= 15 is 0 Å². The molecule has 29 heavy (non-hydrogen) atoms. The summed E-state index contributed by atoms with van der Waals surface area (Å²) in [5, 5.41) is 1.17. The Morgan fingerprint density at radius 3 is 2.79 bits per heavy atom. The van der Waals surface area contributed by atoms with E-state index in [1.54, 1.807) is 6.20 Å². The normalized spacial score (nSPS) is 18.4. The van der Waals surface area contributed by atoms with Crippen molar-refractivity contribution >= 4 is 33.9 Å². The molecular weight excluding hydrogens is 444 g/mol. The van der Waals surface area contributed by atoms with E-state index in [-0.39, 0.29) is 17.6 Å². The van der Waals surface area contributed by atoms with Crippen molar-refractivity contribution in [3.63, 3.8) is 0 Å². The van der Waals surface area contributed by atoms with Gasteiger partial charge in [-0.2, -0.15) is 0 Å². The number of hydrogen-bond acceptors (Lipinski definition) is 3. The maximum atomic E-state index is 14.0. The standard InChI is InChI=1S/C20H20BrF2N5O/c1-12-13(6-7-29-19-5-2-14(21)8-16(12)19)10-28(25)20(26-11-24)27-18-4-3-15(22)9-17(18)23/h2-5,8-12H,6-7,25H2,1H3,(H2,24,26,27)/b13-10-. The molecule has 0 spiro atoms. The molecule has 4 N–H and O–H groups in total. The third-order valence-electron chi connectivity index (χ3n) is 4.50. The minimum absolute atomic E-state index is 0.0155. The van der Waals surface area contributed by atoms with Gasteiger partial charge in [-0.15, -0.1) is 0 Å². The van der Waals surface area contributed by atoms with Gasteiger partial charge < -0.3 is 10.5 Å². The molecule has 1 heterocycles. The average Bonchev–Trinajstić information content (AvgIpc) is 2.83. The van der Waals surface area contributed by atoms with Gasteiger partial charge in [0, 0.05) is 34.6 Å². The maximum absolute atomic E-state index is 14.0. The molecule has 2 aromatic carbocycles. The Kier molecular flexibility index (Phi) is 6.60. The van der Waals surface area contributed by atoms with Crippen LogP contribution in [0.15, 0.2) is 62.6 Å². The zero-order valence-corrected chi connectivity index (χ0v) is 17.2. The molecule has 9 heteroatoms. The molecule has 1 aliphatic heterocycles. The molecule has 0 aliphatic carbocycles. The zero-order chi connectivity index (χ0) is 21.0. The highest BCUT2D eigenvalue weighted by Crippen LogP contribution is 2.37. The van der Waals surface area contributed by atoms with Gasteiger partial charge in [0.05, 0.1) is 12.9 Å². The maximum Gasteiger partial charge on any atom is 0.246 e. The van der Waals surface area contributed by atoms with Crippen LogP contribution in [-0.2, 0) is 0 Å². The summed E-state index contributed by atoms with van der Waals surface area (Å²) >= 11 is 3.48. The van der Waals surface area contributed by atoms with Crippen molar-refractivity contribution in [2.45, 2.75) is 19.3 Å². The highest BCUT2D eigenvalue weighted by molar-refractivity contribution is 9.10. The second-order valence-corrected chi connectivity index (χ2v) is 7.31. The predicted octanol–water partition coefficient (Wildman–Crippen LogP) is 4.35. The first-order valence-electron chi connectivity index (χ1n) is 8.84. The van der Waals surface area contributed by atoms with Gasteiger partial charge in [-0.1, -0.05) is 22.9 Å². The topological polar surface area (TPSA) is 89.2 Å². The predicted molar refractivity (Wildman–Crippen MR) is 113 cm³/mol. The van der Waals surface area contributed by atoms with Crippen molar-refractivity contribution in [3.05, 3.63) is 69.8 Å².